The molecule has 0 aromatic heterocycles. The molecule has 1 aromatic rings. The summed E-state index contributed by atoms with van der Waals surface area (Å²) in [7, 11) is 0. The molecule has 0 atom stereocenters. The Morgan fingerprint density at radius 3 is 2.62 bits per heavy atom. The monoisotopic (exact) mass is 289 g/mol. The van der Waals surface area contributed by atoms with Crippen LogP contribution in [0.25, 0.3) is 0 Å². The van der Waals surface area contributed by atoms with Crippen molar-refractivity contribution in [1.29, 1.82) is 0 Å². The number of nitrogens with zero attached hydrogens (tertiary/aromatic N) is 1. The number of nitrogen functional groups attached to an aromatic ring is 1. The molecule has 1 aliphatic rings. The number of anilines is 1. The van der Waals surface area contributed by atoms with E-state index in [9.17, 15) is 9.59 Å². The summed E-state index contributed by atoms with van der Waals surface area (Å²) in [6, 6.07) is 5.20. The van der Waals surface area contributed by atoms with Gasteiger partial charge in [-0.05, 0) is 49.9 Å². The van der Waals surface area contributed by atoms with Crippen LogP contribution in [-0.4, -0.2) is 36.3 Å². The first kappa shape index (κ1) is 15.4. The van der Waals surface area contributed by atoms with Crippen LogP contribution in [0.1, 0.15) is 41.6 Å². The van der Waals surface area contributed by atoms with Gasteiger partial charge < -0.3 is 16.0 Å². The Labute approximate surface area is 125 Å². The fourth-order valence-electron chi connectivity index (χ4n) is 2.62. The molecule has 1 saturated heterocycles. The Balaban J connectivity index is 1.79. The van der Waals surface area contributed by atoms with E-state index < -0.39 is 0 Å². The molecule has 114 valence electrons. The minimum atomic E-state index is -0.154. The molecule has 0 saturated carbocycles. The summed E-state index contributed by atoms with van der Waals surface area (Å²) in [6.45, 7) is 3.93. The van der Waals surface area contributed by atoms with Crippen molar-refractivity contribution in [1.82, 2.24) is 10.2 Å². The predicted octanol–water partition coefficient (Wildman–Crippen LogP) is 1.71. The molecule has 0 radical (unpaired) electrons. The first-order chi connectivity index (χ1) is 10.1. The second-order valence-corrected chi connectivity index (χ2v) is 5.52. The Morgan fingerprint density at radius 1 is 1.24 bits per heavy atom. The number of amides is 2. The lowest BCUT2D eigenvalue weighted by Gasteiger charge is -2.26. The maximum atomic E-state index is 12.1. The third-order valence-electron chi connectivity index (χ3n) is 3.83. The van der Waals surface area contributed by atoms with Gasteiger partial charge in [-0.25, -0.2) is 0 Å². The van der Waals surface area contributed by atoms with E-state index in [1.807, 2.05) is 11.8 Å². The normalized spacial score (nSPS) is 14.8. The van der Waals surface area contributed by atoms with Crippen molar-refractivity contribution < 1.29 is 9.59 Å². The molecular formula is C16H23N3O2. The largest absolute Gasteiger partial charge is 0.399 e. The lowest BCUT2D eigenvalue weighted by Crippen LogP contribution is -2.37. The Bertz CT molecular complexity index is 522. The van der Waals surface area contributed by atoms with Gasteiger partial charge in [0.1, 0.15) is 0 Å². The number of piperidine rings is 1. The summed E-state index contributed by atoms with van der Waals surface area (Å²) in [5.74, 6) is -0.0250. The van der Waals surface area contributed by atoms with Gasteiger partial charge in [-0.3, -0.25) is 9.59 Å². The topological polar surface area (TPSA) is 75.4 Å². The Morgan fingerprint density at radius 2 is 1.95 bits per heavy atom. The van der Waals surface area contributed by atoms with E-state index in [1.54, 1.807) is 18.2 Å². The second kappa shape index (κ2) is 7.11. The highest BCUT2D eigenvalue weighted by molar-refractivity contribution is 5.96. The molecule has 21 heavy (non-hydrogen) atoms. The van der Waals surface area contributed by atoms with Crippen LogP contribution in [0.3, 0.4) is 0 Å². The first-order valence-corrected chi connectivity index (χ1v) is 7.50. The van der Waals surface area contributed by atoms with Crippen molar-refractivity contribution in [3.8, 4) is 0 Å². The van der Waals surface area contributed by atoms with Gasteiger partial charge in [0.05, 0.1) is 0 Å². The molecule has 3 N–H and O–H groups in total. The number of likely N-dealkylation sites (tertiary alicyclic amines) is 1. The lowest BCUT2D eigenvalue weighted by atomic mass is 10.1. The van der Waals surface area contributed by atoms with Crippen LogP contribution in [0.2, 0.25) is 0 Å². The average Bonchev–Trinajstić information content (AvgIpc) is 2.47. The summed E-state index contributed by atoms with van der Waals surface area (Å²) in [6.07, 6.45) is 3.74. The summed E-state index contributed by atoms with van der Waals surface area (Å²) in [5.41, 5.74) is 7.76. The zero-order valence-corrected chi connectivity index (χ0v) is 12.5. The summed E-state index contributed by atoms with van der Waals surface area (Å²) in [5, 5.41) is 2.80. The van der Waals surface area contributed by atoms with E-state index in [0.29, 0.717) is 24.2 Å². The number of carbonyl (C=O) groups excluding carboxylic acids is 2. The van der Waals surface area contributed by atoms with Crippen molar-refractivity contribution >= 4 is 17.5 Å². The molecule has 2 rings (SSSR count). The van der Waals surface area contributed by atoms with E-state index in [-0.39, 0.29) is 11.8 Å². The van der Waals surface area contributed by atoms with Crippen molar-refractivity contribution in [3.05, 3.63) is 29.3 Å². The summed E-state index contributed by atoms with van der Waals surface area (Å²) < 4.78 is 0. The average molecular weight is 289 g/mol. The quantitative estimate of drug-likeness (QED) is 0.829. The molecule has 0 bridgehead atoms. The van der Waals surface area contributed by atoms with Gasteiger partial charge in [-0.15, -0.1) is 0 Å². The zero-order valence-electron chi connectivity index (χ0n) is 12.5. The van der Waals surface area contributed by atoms with Crippen LogP contribution in [0.4, 0.5) is 5.69 Å². The molecule has 1 aromatic carbocycles. The Hall–Kier alpha value is -2.04. The summed E-state index contributed by atoms with van der Waals surface area (Å²) in [4.78, 5) is 25.9. The molecule has 0 spiro atoms. The minimum absolute atomic E-state index is 0.129. The number of nitrogens with one attached hydrogen (secondary N) is 1. The highest BCUT2D eigenvalue weighted by Crippen LogP contribution is 2.12. The number of rotatable bonds is 4. The number of hydrogen-bond donors (Lipinski definition) is 2. The maximum absolute atomic E-state index is 12.1. The predicted molar refractivity (Wildman–Crippen MR) is 83.0 cm³/mol. The standard InChI is InChI=1S/C16H23N3O2/c1-12-11-13(17)5-6-14(12)16(21)18-8-7-15(20)19-9-3-2-4-10-19/h5-6,11H,2-4,7-10,17H2,1H3,(H,18,21). The van der Waals surface area contributed by atoms with Crippen molar-refractivity contribution in [2.24, 2.45) is 0 Å². The lowest BCUT2D eigenvalue weighted by molar-refractivity contribution is -0.131. The van der Waals surface area contributed by atoms with Crippen molar-refractivity contribution in [2.45, 2.75) is 32.6 Å². The maximum Gasteiger partial charge on any atom is 0.251 e. The third-order valence-corrected chi connectivity index (χ3v) is 3.83. The van der Waals surface area contributed by atoms with E-state index in [2.05, 4.69) is 5.32 Å². The second-order valence-electron chi connectivity index (χ2n) is 5.52. The third kappa shape index (κ3) is 4.21. The molecule has 1 aliphatic heterocycles. The van der Waals surface area contributed by atoms with E-state index in [4.69, 9.17) is 5.73 Å². The van der Waals surface area contributed by atoms with Crippen LogP contribution in [-0.2, 0) is 4.79 Å². The highest BCUT2D eigenvalue weighted by Gasteiger charge is 2.16. The highest BCUT2D eigenvalue weighted by atomic mass is 16.2. The smallest absolute Gasteiger partial charge is 0.251 e. The minimum Gasteiger partial charge on any atom is -0.399 e. The van der Waals surface area contributed by atoms with E-state index in [0.717, 1.165) is 31.5 Å². The zero-order chi connectivity index (χ0) is 15.2. The van der Waals surface area contributed by atoms with Crippen LogP contribution in [0, 0.1) is 6.92 Å². The molecule has 1 heterocycles. The molecule has 5 nitrogen and oxygen atoms in total. The molecule has 2 amide bonds. The van der Waals surface area contributed by atoms with Gasteiger partial charge in [0, 0.05) is 37.3 Å². The fraction of sp³-hybridized carbons (Fsp3) is 0.500. The van der Waals surface area contributed by atoms with Gasteiger partial charge in [-0.1, -0.05) is 0 Å². The van der Waals surface area contributed by atoms with Crippen molar-refractivity contribution in [2.75, 3.05) is 25.4 Å². The van der Waals surface area contributed by atoms with Gasteiger partial charge in [0.2, 0.25) is 5.91 Å². The van der Waals surface area contributed by atoms with Gasteiger partial charge in [-0.2, -0.15) is 0 Å². The number of carbonyl (C=O) groups is 2. The van der Waals surface area contributed by atoms with Crippen LogP contribution >= 0.6 is 0 Å². The molecule has 1 fully saturated rings. The first-order valence-electron chi connectivity index (χ1n) is 7.50. The van der Waals surface area contributed by atoms with Crippen LogP contribution in [0.15, 0.2) is 18.2 Å². The van der Waals surface area contributed by atoms with E-state index in [1.165, 1.54) is 6.42 Å². The SMILES string of the molecule is Cc1cc(N)ccc1C(=O)NCCC(=O)N1CCCCC1. The molecule has 0 aliphatic carbocycles. The number of nitrogens with two attached hydrogens (primary N) is 1. The van der Waals surface area contributed by atoms with Crippen LogP contribution < -0.4 is 11.1 Å². The van der Waals surface area contributed by atoms with E-state index >= 15 is 0 Å². The molecule has 5 heteroatoms. The Kier molecular flexibility index (Phi) is 5.20. The summed E-state index contributed by atoms with van der Waals surface area (Å²) >= 11 is 0. The van der Waals surface area contributed by atoms with Gasteiger partial charge in [0.15, 0.2) is 0 Å². The van der Waals surface area contributed by atoms with Crippen molar-refractivity contribution in [3.63, 3.8) is 0 Å². The van der Waals surface area contributed by atoms with Gasteiger partial charge >= 0.3 is 0 Å². The van der Waals surface area contributed by atoms with Crippen LogP contribution in [0.5, 0.6) is 0 Å². The number of hydrogen-bond acceptors (Lipinski definition) is 3. The molecular weight excluding hydrogens is 266 g/mol. The molecule has 0 unspecified atom stereocenters. The number of aryl methyl sites for hydroxylation is 1. The van der Waals surface area contributed by atoms with Gasteiger partial charge in [0.25, 0.3) is 5.91 Å². The fourth-order valence-corrected chi connectivity index (χ4v) is 2.62. The number of benzene rings is 1.